The Bertz CT molecular complexity index is 366. The molecule has 1 rings (SSSR count). The van der Waals surface area contributed by atoms with Crippen molar-refractivity contribution in [2.45, 2.75) is 20.0 Å². The first kappa shape index (κ1) is 11.5. The van der Waals surface area contributed by atoms with E-state index in [1.807, 2.05) is 0 Å². The van der Waals surface area contributed by atoms with Crippen molar-refractivity contribution in [3.8, 4) is 5.75 Å². The molecule has 1 atom stereocenters. The molecule has 0 bridgehead atoms. The number of benzene rings is 1. The van der Waals surface area contributed by atoms with Gasteiger partial charge < -0.3 is 10.5 Å². The standard InChI is InChI=1S/C10H14N2O3/c1-7-4-3-5-9(10(7)12(13)14)15-8(2)6-11/h3-5,8H,6,11H2,1-2H3. The summed E-state index contributed by atoms with van der Waals surface area (Å²) in [5, 5.41) is 10.8. The highest BCUT2D eigenvalue weighted by atomic mass is 16.6. The molecular formula is C10H14N2O3. The van der Waals surface area contributed by atoms with Crippen LogP contribution < -0.4 is 10.5 Å². The maximum Gasteiger partial charge on any atom is 0.313 e. The summed E-state index contributed by atoms with van der Waals surface area (Å²) in [5.41, 5.74) is 5.99. The van der Waals surface area contributed by atoms with Gasteiger partial charge in [0.2, 0.25) is 0 Å². The molecule has 1 aromatic rings. The Morgan fingerprint density at radius 3 is 2.80 bits per heavy atom. The van der Waals surface area contributed by atoms with E-state index in [1.165, 1.54) is 0 Å². The van der Waals surface area contributed by atoms with Crippen LogP contribution >= 0.6 is 0 Å². The summed E-state index contributed by atoms with van der Waals surface area (Å²) >= 11 is 0. The molecule has 2 N–H and O–H groups in total. The first-order chi connectivity index (χ1) is 7.06. The fraction of sp³-hybridized carbons (Fsp3) is 0.400. The van der Waals surface area contributed by atoms with Crippen molar-refractivity contribution in [1.29, 1.82) is 0 Å². The Hall–Kier alpha value is -1.62. The number of hydrogen-bond donors (Lipinski definition) is 1. The monoisotopic (exact) mass is 210 g/mol. The first-order valence-corrected chi connectivity index (χ1v) is 4.67. The fourth-order valence-electron chi connectivity index (χ4n) is 1.23. The van der Waals surface area contributed by atoms with Crippen LogP contribution in [0.25, 0.3) is 0 Å². The zero-order valence-electron chi connectivity index (χ0n) is 8.77. The third-order valence-corrected chi connectivity index (χ3v) is 2.04. The molecule has 5 heteroatoms. The summed E-state index contributed by atoms with van der Waals surface area (Å²) in [6.45, 7) is 3.77. The Morgan fingerprint density at radius 2 is 2.27 bits per heavy atom. The van der Waals surface area contributed by atoms with Crippen molar-refractivity contribution in [3.63, 3.8) is 0 Å². The molecule has 0 aliphatic rings. The van der Waals surface area contributed by atoms with Gasteiger partial charge in [-0.25, -0.2) is 0 Å². The molecule has 0 radical (unpaired) electrons. The number of ether oxygens (including phenoxy) is 1. The van der Waals surface area contributed by atoms with Crippen LogP contribution in [0.1, 0.15) is 12.5 Å². The lowest BCUT2D eigenvalue weighted by atomic mass is 10.2. The maximum atomic E-state index is 10.8. The molecule has 15 heavy (non-hydrogen) atoms. The summed E-state index contributed by atoms with van der Waals surface area (Å²) in [7, 11) is 0. The predicted molar refractivity (Wildman–Crippen MR) is 57.0 cm³/mol. The lowest BCUT2D eigenvalue weighted by Gasteiger charge is -2.12. The zero-order valence-corrected chi connectivity index (χ0v) is 8.77. The molecule has 5 nitrogen and oxygen atoms in total. The van der Waals surface area contributed by atoms with E-state index >= 15 is 0 Å². The van der Waals surface area contributed by atoms with Crippen molar-refractivity contribution < 1.29 is 9.66 Å². The van der Waals surface area contributed by atoms with Crippen LogP contribution in [0.4, 0.5) is 5.69 Å². The van der Waals surface area contributed by atoms with Gasteiger partial charge in [-0.15, -0.1) is 0 Å². The van der Waals surface area contributed by atoms with Gasteiger partial charge >= 0.3 is 5.69 Å². The number of para-hydroxylation sites is 1. The van der Waals surface area contributed by atoms with Crippen molar-refractivity contribution in [1.82, 2.24) is 0 Å². The largest absolute Gasteiger partial charge is 0.482 e. The van der Waals surface area contributed by atoms with Gasteiger partial charge in [0.25, 0.3) is 0 Å². The number of aryl methyl sites for hydroxylation is 1. The second kappa shape index (κ2) is 4.75. The van der Waals surface area contributed by atoms with Crippen molar-refractivity contribution in [2.75, 3.05) is 6.54 Å². The van der Waals surface area contributed by atoms with Gasteiger partial charge in [0.1, 0.15) is 6.10 Å². The molecule has 1 aromatic carbocycles. The number of nitrogens with two attached hydrogens (primary N) is 1. The number of nitro benzene ring substituents is 1. The molecule has 82 valence electrons. The highest BCUT2D eigenvalue weighted by molar-refractivity contribution is 5.52. The summed E-state index contributed by atoms with van der Waals surface area (Å²) in [4.78, 5) is 10.4. The molecule has 0 aliphatic heterocycles. The quantitative estimate of drug-likeness (QED) is 0.605. The molecule has 0 spiro atoms. The van der Waals surface area contributed by atoms with Crippen LogP contribution in [0.2, 0.25) is 0 Å². The number of rotatable bonds is 4. The number of nitrogens with zero attached hydrogens (tertiary/aromatic N) is 1. The van der Waals surface area contributed by atoms with Crippen LogP contribution in [0.5, 0.6) is 5.75 Å². The molecule has 0 saturated heterocycles. The molecule has 0 heterocycles. The number of nitro groups is 1. The van der Waals surface area contributed by atoms with E-state index in [-0.39, 0.29) is 17.5 Å². The minimum absolute atomic E-state index is 0.0119. The van der Waals surface area contributed by atoms with Gasteiger partial charge in [-0.2, -0.15) is 0 Å². The minimum atomic E-state index is -0.437. The lowest BCUT2D eigenvalue weighted by molar-refractivity contribution is -0.386. The molecule has 0 amide bonds. The summed E-state index contributed by atoms with van der Waals surface area (Å²) < 4.78 is 5.37. The SMILES string of the molecule is Cc1cccc(OC(C)CN)c1[N+](=O)[O-]. The minimum Gasteiger partial charge on any atom is -0.482 e. The highest BCUT2D eigenvalue weighted by Gasteiger charge is 2.19. The van der Waals surface area contributed by atoms with Crippen LogP contribution in [-0.4, -0.2) is 17.6 Å². The molecule has 0 fully saturated rings. The van der Waals surface area contributed by atoms with Crippen LogP contribution in [-0.2, 0) is 0 Å². The predicted octanol–water partition coefficient (Wildman–Crippen LogP) is 1.63. The van der Waals surface area contributed by atoms with Gasteiger partial charge in [0.15, 0.2) is 5.75 Å². The van der Waals surface area contributed by atoms with E-state index in [9.17, 15) is 10.1 Å². The Balaban J connectivity index is 3.06. The second-order valence-corrected chi connectivity index (χ2v) is 3.34. The van der Waals surface area contributed by atoms with Crippen molar-refractivity contribution in [3.05, 3.63) is 33.9 Å². The fourth-order valence-corrected chi connectivity index (χ4v) is 1.23. The zero-order chi connectivity index (χ0) is 11.4. The number of hydrogen-bond acceptors (Lipinski definition) is 4. The molecule has 1 unspecified atom stereocenters. The summed E-state index contributed by atoms with van der Waals surface area (Å²) in [6, 6.07) is 4.98. The van der Waals surface area contributed by atoms with E-state index in [0.717, 1.165) is 0 Å². The third kappa shape index (κ3) is 2.66. The first-order valence-electron chi connectivity index (χ1n) is 4.67. The molecular weight excluding hydrogens is 196 g/mol. The highest BCUT2D eigenvalue weighted by Crippen LogP contribution is 2.30. The summed E-state index contributed by atoms with van der Waals surface area (Å²) in [5.74, 6) is 0.276. The van der Waals surface area contributed by atoms with Gasteiger partial charge in [0, 0.05) is 12.1 Å². The van der Waals surface area contributed by atoms with E-state index in [2.05, 4.69) is 0 Å². The van der Waals surface area contributed by atoms with Crippen LogP contribution in [0.3, 0.4) is 0 Å². The van der Waals surface area contributed by atoms with E-state index in [0.29, 0.717) is 12.1 Å². The van der Waals surface area contributed by atoms with Crippen LogP contribution in [0.15, 0.2) is 18.2 Å². The smallest absolute Gasteiger partial charge is 0.313 e. The van der Waals surface area contributed by atoms with Crippen molar-refractivity contribution >= 4 is 5.69 Å². The van der Waals surface area contributed by atoms with Crippen molar-refractivity contribution in [2.24, 2.45) is 5.73 Å². The van der Waals surface area contributed by atoms with E-state index in [4.69, 9.17) is 10.5 Å². The normalized spacial score (nSPS) is 12.2. The van der Waals surface area contributed by atoms with E-state index in [1.54, 1.807) is 32.0 Å². The lowest BCUT2D eigenvalue weighted by Crippen LogP contribution is -2.23. The Labute approximate surface area is 88.0 Å². The van der Waals surface area contributed by atoms with E-state index < -0.39 is 4.92 Å². The average molecular weight is 210 g/mol. The Kier molecular flexibility index (Phi) is 3.62. The van der Waals surface area contributed by atoms with Crippen LogP contribution in [0, 0.1) is 17.0 Å². The third-order valence-electron chi connectivity index (χ3n) is 2.04. The average Bonchev–Trinajstić information content (AvgIpc) is 2.17. The van der Waals surface area contributed by atoms with Gasteiger partial charge in [-0.1, -0.05) is 12.1 Å². The van der Waals surface area contributed by atoms with Gasteiger partial charge in [-0.05, 0) is 19.9 Å². The molecule has 0 aliphatic carbocycles. The second-order valence-electron chi connectivity index (χ2n) is 3.34. The summed E-state index contributed by atoms with van der Waals surface area (Å²) in [6.07, 6.45) is -0.231. The molecule has 0 aromatic heterocycles. The topological polar surface area (TPSA) is 78.4 Å². The molecule has 0 saturated carbocycles. The maximum absolute atomic E-state index is 10.8. The van der Waals surface area contributed by atoms with Gasteiger partial charge in [0.05, 0.1) is 4.92 Å². The Morgan fingerprint density at radius 1 is 1.60 bits per heavy atom. The van der Waals surface area contributed by atoms with Gasteiger partial charge in [-0.3, -0.25) is 10.1 Å².